The lowest BCUT2D eigenvalue weighted by Crippen LogP contribution is -2.35. The fraction of sp³-hybridized carbons (Fsp3) is 0.200. The summed E-state index contributed by atoms with van der Waals surface area (Å²) >= 11 is 5.89. The third-order valence-electron chi connectivity index (χ3n) is 3.53. The van der Waals surface area contributed by atoms with Crippen LogP contribution in [-0.4, -0.2) is 18.4 Å². The van der Waals surface area contributed by atoms with Crippen molar-refractivity contribution in [3.8, 4) is 0 Å². The van der Waals surface area contributed by atoms with Gasteiger partial charge in [0.1, 0.15) is 5.70 Å². The third kappa shape index (κ3) is 6.08. The van der Waals surface area contributed by atoms with E-state index < -0.39 is 0 Å². The van der Waals surface area contributed by atoms with Crippen LogP contribution in [-0.2, 0) is 4.79 Å². The molecular formula is C20H21ClN2O2. The zero-order valence-electron chi connectivity index (χ0n) is 14.1. The van der Waals surface area contributed by atoms with Crippen LogP contribution >= 0.6 is 11.6 Å². The molecule has 0 bridgehead atoms. The van der Waals surface area contributed by atoms with Gasteiger partial charge in [-0.25, -0.2) is 0 Å². The zero-order valence-corrected chi connectivity index (χ0v) is 14.8. The standard InChI is InChI=1S/C20H21ClN2O2/c1-2-3-13-22-20(25)18(14-15-9-11-17(21)12-10-15)23-19(24)16-7-5-4-6-8-16/h4-12,14H,2-3,13H2,1H3,(H,22,25)(H,23,24)/b18-14-. The van der Waals surface area contributed by atoms with Crippen molar-refractivity contribution >= 4 is 29.5 Å². The van der Waals surface area contributed by atoms with Crippen molar-refractivity contribution in [3.63, 3.8) is 0 Å². The van der Waals surface area contributed by atoms with Gasteiger partial charge in [0.15, 0.2) is 0 Å². The molecule has 130 valence electrons. The second kappa shape index (κ2) is 9.64. The van der Waals surface area contributed by atoms with E-state index >= 15 is 0 Å². The molecule has 2 N–H and O–H groups in total. The van der Waals surface area contributed by atoms with Gasteiger partial charge in [0.25, 0.3) is 11.8 Å². The summed E-state index contributed by atoms with van der Waals surface area (Å²) in [4.78, 5) is 24.8. The van der Waals surface area contributed by atoms with E-state index in [1.165, 1.54) is 0 Å². The predicted molar refractivity (Wildman–Crippen MR) is 101 cm³/mol. The zero-order chi connectivity index (χ0) is 18.1. The molecule has 0 radical (unpaired) electrons. The van der Waals surface area contributed by atoms with Crippen molar-refractivity contribution in [1.29, 1.82) is 0 Å². The second-order valence-corrected chi connectivity index (χ2v) is 5.98. The first kappa shape index (κ1) is 18.7. The SMILES string of the molecule is CCCCNC(=O)/C(=C/c1ccc(Cl)cc1)NC(=O)c1ccccc1. The normalized spacial score (nSPS) is 11.0. The van der Waals surface area contributed by atoms with Gasteiger partial charge in [-0.3, -0.25) is 9.59 Å². The quantitative estimate of drug-likeness (QED) is 0.581. The van der Waals surface area contributed by atoms with Crippen molar-refractivity contribution in [2.45, 2.75) is 19.8 Å². The molecule has 0 unspecified atom stereocenters. The molecule has 0 atom stereocenters. The number of rotatable bonds is 7. The van der Waals surface area contributed by atoms with E-state index in [0.29, 0.717) is 17.1 Å². The molecule has 0 saturated heterocycles. The monoisotopic (exact) mass is 356 g/mol. The lowest BCUT2D eigenvalue weighted by molar-refractivity contribution is -0.117. The maximum atomic E-state index is 12.4. The fourth-order valence-electron chi connectivity index (χ4n) is 2.14. The van der Waals surface area contributed by atoms with E-state index in [1.54, 1.807) is 54.6 Å². The first-order valence-corrected chi connectivity index (χ1v) is 8.60. The number of hydrogen-bond acceptors (Lipinski definition) is 2. The molecule has 0 aliphatic heterocycles. The van der Waals surface area contributed by atoms with Crippen molar-refractivity contribution in [2.75, 3.05) is 6.54 Å². The number of halogens is 1. The van der Waals surface area contributed by atoms with Gasteiger partial charge in [-0.2, -0.15) is 0 Å². The molecule has 2 aromatic rings. The molecule has 4 nitrogen and oxygen atoms in total. The Morgan fingerprint density at radius 3 is 2.36 bits per heavy atom. The lowest BCUT2D eigenvalue weighted by Gasteiger charge is -2.11. The fourth-order valence-corrected chi connectivity index (χ4v) is 2.27. The van der Waals surface area contributed by atoms with Crippen LogP contribution < -0.4 is 10.6 Å². The minimum absolute atomic E-state index is 0.201. The maximum Gasteiger partial charge on any atom is 0.267 e. The molecule has 2 aromatic carbocycles. The Kier molecular flexibility index (Phi) is 7.23. The molecule has 25 heavy (non-hydrogen) atoms. The number of carbonyl (C=O) groups excluding carboxylic acids is 2. The number of carbonyl (C=O) groups is 2. The molecule has 0 aliphatic carbocycles. The maximum absolute atomic E-state index is 12.4. The summed E-state index contributed by atoms with van der Waals surface area (Å²) in [7, 11) is 0. The molecule has 0 saturated carbocycles. The van der Waals surface area contributed by atoms with Crippen LogP contribution in [0.25, 0.3) is 6.08 Å². The van der Waals surface area contributed by atoms with E-state index in [2.05, 4.69) is 10.6 Å². The molecule has 0 fully saturated rings. The van der Waals surface area contributed by atoms with Crippen molar-refractivity contribution in [1.82, 2.24) is 10.6 Å². The van der Waals surface area contributed by atoms with Gasteiger partial charge in [0, 0.05) is 17.1 Å². The highest BCUT2D eigenvalue weighted by Crippen LogP contribution is 2.12. The van der Waals surface area contributed by atoms with Gasteiger partial charge in [-0.05, 0) is 42.3 Å². The smallest absolute Gasteiger partial charge is 0.267 e. The largest absolute Gasteiger partial charge is 0.351 e. The van der Waals surface area contributed by atoms with Crippen molar-refractivity contribution in [2.24, 2.45) is 0 Å². The van der Waals surface area contributed by atoms with Gasteiger partial charge in [-0.15, -0.1) is 0 Å². The summed E-state index contributed by atoms with van der Waals surface area (Å²) in [5.74, 6) is -0.640. The van der Waals surface area contributed by atoms with Crippen LogP contribution in [0, 0.1) is 0 Å². The molecule has 0 spiro atoms. The van der Waals surface area contributed by atoms with Crippen LogP contribution in [0.2, 0.25) is 5.02 Å². The van der Waals surface area contributed by atoms with Gasteiger partial charge in [-0.1, -0.05) is 55.3 Å². The van der Waals surface area contributed by atoms with Crippen molar-refractivity contribution in [3.05, 3.63) is 76.4 Å². The van der Waals surface area contributed by atoms with E-state index in [0.717, 1.165) is 18.4 Å². The summed E-state index contributed by atoms with van der Waals surface area (Å²) in [6.07, 6.45) is 3.50. The van der Waals surface area contributed by atoms with Gasteiger partial charge in [0.2, 0.25) is 0 Å². The Morgan fingerprint density at radius 2 is 1.72 bits per heavy atom. The Hall–Kier alpha value is -2.59. The topological polar surface area (TPSA) is 58.2 Å². The van der Waals surface area contributed by atoms with Crippen LogP contribution in [0.4, 0.5) is 0 Å². The molecule has 0 aliphatic rings. The minimum Gasteiger partial charge on any atom is -0.351 e. The molecule has 5 heteroatoms. The van der Waals surface area contributed by atoms with Crippen LogP contribution in [0.15, 0.2) is 60.3 Å². The molecule has 0 aromatic heterocycles. The Morgan fingerprint density at radius 1 is 1.04 bits per heavy atom. The van der Waals surface area contributed by atoms with E-state index in [1.807, 2.05) is 13.0 Å². The van der Waals surface area contributed by atoms with E-state index in [4.69, 9.17) is 11.6 Å². The number of amides is 2. The van der Waals surface area contributed by atoms with Crippen LogP contribution in [0.3, 0.4) is 0 Å². The summed E-state index contributed by atoms with van der Waals surface area (Å²) in [6.45, 7) is 2.61. The molecule has 2 amide bonds. The molecule has 0 heterocycles. The Balaban J connectivity index is 2.20. The highest BCUT2D eigenvalue weighted by molar-refractivity contribution is 6.30. The number of nitrogens with one attached hydrogen (secondary N) is 2. The third-order valence-corrected chi connectivity index (χ3v) is 3.78. The summed E-state index contributed by atoms with van der Waals surface area (Å²) in [5.41, 5.74) is 1.47. The Bertz CT molecular complexity index is 740. The van der Waals surface area contributed by atoms with Crippen molar-refractivity contribution < 1.29 is 9.59 Å². The lowest BCUT2D eigenvalue weighted by atomic mass is 10.1. The van der Waals surface area contributed by atoms with Gasteiger partial charge >= 0.3 is 0 Å². The summed E-state index contributed by atoms with van der Waals surface area (Å²) in [5, 5.41) is 6.13. The predicted octanol–water partition coefficient (Wildman–Crippen LogP) is 4.03. The van der Waals surface area contributed by atoms with Gasteiger partial charge in [0.05, 0.1) is 0 Å². The highest BCUT2D eigenvalue weighted by Gasteiger charge is 2.14. The van der Waals surface area contributed by atoms with Crippen LogP contribution in [0.5, 0.6) is 0 Å². The second-order valence-electron chi connectivity index (χ2n) is 5.54. The molecule has 2 rings (SSSR count). The number of benzene rings is 2. The van der Waals surface area contributed by atoms with E-state index in [-0.39, 0.29) is 17.5 Å². The summed E-state index contributed by atoms with van der Waals surface area (Å²) in [6, 6.07) is 15.8. The number of hydrogen-bond donors (Lipinski definition) is 2. The first-order chi connectivity index (χ1) is 12.1. The highest BCUT2D eigenvalue weighted by atomic mass is 35.5. The van der Waals surface area contributed by atoms with Gasteiger partial charge < -0.3 is 10.6 Å². The summed E-state index contributed by atoms with van der Waals surface area (Å²) < 4.78 is 0. The average molecular weight is 357 g/mol. The minimum atomic E-state index is -0.327. The molecular weight excluding hydrogens is 336 g/mol. The first-order valence-electron chi connectivity index (χ1n) is 8.22. The Labute approximate surface area is 152 Å². The average Bonchev–Trinajstić information content (AvgIpc) is 2.63. The number of unbranched alkanes of at least 4 members (excludes halogenated alkanes) is 1. The van der Waals surface area contributed by atoms with E-state index in [9.17, 15) is 9.59 Å². The van der Waals surface area contributed by atoms with Crippen LogP contribution in [0.1, 0.15) is 35.7 Å².